The lowest BCUT2D eigenvalue weighted by Gasteiger charge is -2.33. The smallest absolute Gasteiger partial charge is 0.416 e. The summed E-state index contributed by atoms with van der Waals surface area (Å²) < 4.78 is 53.5. The highest BCUT2D eigenvalue weighted by Gasteiger charge is 2.32. The van der Waals surface area contributed by atoms with Gasteiger partial charge in [-0.2, -0.15) is 13.2 Å². The van der Waals surface area contributed by atoms with Gasteiger partial charge in [-0.05, 0) is 101 Å². The van der Waals surface area contributed by atoms with Crippen molar-refractivity contribution in [3.05, 3.63) is 110 Å². The van der Waals surface area contributed by atoms with E-state index in [1.165, 1.54) is 11.6 Å². The maximum atomic E-state index is 13.7. The van der Waals surface area contributed by atoms with Crippen LogP contribution in [0, 0.1) is 0 Å². The van der Waals surface area contributed by atoms with Crippen molar-refractivity contribution in [2.45, 2.75) is 31.9 Å². The summed E-state index contributed by atoms with van der Waals surface area (Å²) in [5.74, 6) is -1.03. The van der Waals surface area contributed by atoms with E-state index in [-0.39, 0.29) is 17.3 Å². The van der Waals surface area contributed by atoms with Crippen LogP contribution in [0.1, 0.15) is 63.0 Å². The van der Waals surface area contributed by atoms with Crippen LogP contribution in [0.3, 0.4) is 0 Å². The highest BCUT2D eigenvalue weighted by Crippen LogP contribution is 2.42. The molecule has 1 heterocycles. The van der Waals surface area contributed by atoms with Crippen molar-refractivity contribution in [2.24, 2.45) is 0 Å². The zero-order valence-corrected chi connectivity index (χ0v) is 22.5. The number of hydrogen-bond acceptors (Lipinski definition) is 2. The number of aryl methyl sites for hydroxylation is 1. The molecule has 1 aliphatic carbocycles. The molecular formula is C32H28ClF4NO2. The molecule has 0 saturated carbocycles. The molecule has 1 N–H and O–H groups in total. The topological polar surface area (TPSA) is 40.5 Å². The lowest BCUT2D eigenvalue weighted by Crippen LogP contribution is -2.40. The molecule has 0 aromatic heterocycles. The maximum Gasteiger partial charge on any atom is 0.416 e. The Morgan fingerprint density at radius 2 is 1.73 bits per heavy atom. The molecule has 40 heavy (non-hydrogen) atoms. The Bertz CT molecular complexity index is 1480. The fraction of sp³-hybridized carbons (Fsp3) is 0.281. The van der Waals surface area contributed by atoms with Gasteiger partial charge in [-0.1, -0.05) is 48.0 Å². The normalized spacial score (nSPS) is 15.9. The average Bonchev–Trinajstić information content (AvgIpc) is 3.08. The fourth-order valence-electron chi connectivity index (χ4n) is 5.51. The number of allylic oxidation sites excluding steroid dienone is 1. The van der Waals surface area contributed by atoms with Gasteiger partial charge in [-0.15, -0.1) is 0 Å². The number of aromatic carboxylic acids is 1. The molecule has 1 aliphatic heterocycles. The van der Waals surface area contributed by atoms with Crippen molar-refractivity contribution in [1.29, 1.82) is 0 Å². The molecule has 5 rings (SSSR count). The van der Waals surface area contributed by atoms with Gasteiger partial charge in [-0.3, -0.25) is 9.29 Å². The number of carboxylic acids is 1. The van der Waals surface area contributed by atoms with Crippen LogP contribution in [0.2, 0.25) is 5.02 Å². The van der Waals surface area contributed by atoms with Gasteiger partial charge in [0, 0.05) is 24.7 Å². The number of benzene rings is 3. The summed E-state index contributed by atoms with van der Waals surface area (Å²) >= 11 is 6.18. The van der Waals surface area contributed by atoms with Crippen LogP contribution in [0.4, 0.5) is 17.6 Å². The van der Waals surface area contributed by atoms with Crippen molar-refractivity contribution >= 4 is 34.8 Å². The highest BCUT2D eigenvalue weighted by molar-refractivity contribution is 6.31. The zero-order chi connectivity index (χ0) is 28.4. The van der Waals surface area contributed by atoms with Crippen molar-refractivity contribution in [3.8, 4) is 0 Å². The average molecular weight is 570 g/mol. The van der Waals surface area contributed by atoms with E-state index in [1.807, 2.05) is 24.3 Å². The summed E-state index contributed by atoms with van der Waals surface area (Å²) in [6.07, 6.45) is -0.156. The quantitative estimate of drug-likeness (QED) is 0.290. The number of hydrogen-bond donors (Lipinski definition) is 1. The highest BCUT2D eigenvalue weighted by atomic mass is 35.5. The summed E-state index contributed by atoms with van der Waals surface area (Å²) in [5.41, 5.74) is 6.02. The molecule has 0 atom stereocenters. The Balaban J connectivity index is 1.59. The van der Waals surface area contributed by atoms with Gasteiger partial charge >= 0.3 is 12.1 Å². The number of carboxylic acid groups (broad SMARTS) is 1. The minimum atomic E-state index is -4.54. The Morgan fingerprint density at radius 1 is 0.975 bits per heavy atom. The predicted molar refractivity (Wildman–Crippen MR) is 150 cm³/mol. The first-order valence-corrected chi connectivity index (χ1v) is 13.6. The Kier molecular flexibility index (Phi) is 8.15. The van der Waals surface area contributed by atoms with E-state index >= 15 is 0 Å². The lowest BCUT2D eigenvalue weighted by atomic mass is 9.86. The van der Waals surface area contributed by atoms with Crippen LogP contribution < -0.4 is 0 Å². The molecule has 1 fully saturated rings. The second-order valence-corrected chi connectivity index (χ2v) is 10.7. The van der Waals surface area contributed by atoms with Gasteiger partial charge in [0.1, 0.15) is 0 Å². The molecule has 3 aromatic carbocycles. The molecule has 1 saturated heterocycles. The Morgan fingerprint density at radius 3 is 2.40 bits per heavy atom. The first kappa shape index (κ1) is 28.1. The monoisotopic (exact) mass is 569 g/mol. The molecule has 2 aliphatic rings. The number of nitrogens with zero attached hydrogens (tertiary/aromatic N) is 1. The standard InChI is InChI=1S/C32H28ClF4NO2/c33-27-16-25(15-26(17-27)32(35,36)37)28-4-1-3-23-14-24(31(39)40)9-10-29(23)30(28)22-7-5-20(6-8-22)13-21-18-38(19-21)12-2-11-34/h5-10,13-17H,1-4,11-12,18-19H2,(H,39,40). The summed E-state index contributed by atoms with van der Waals surface area (Å²) in [6, 6.07) is 16.4. The van der Waals surface area contributed by atoms with Crippen molar-refractivity contribution in [1.82, 2.24) is 4.90 Å². The summed E-state index contributed by atoms with van der Waals surface area (Å²) in [4.78, 5) is 13.8. The molecule has 0 unspecified atom stereocenters. The van der Waals surface area contributed by atoms with Crippen molar-refractivity contribution < 1.29 is 27.5 Å². The summed E-state index contributed by atoms with van der Waals surface area (Å²) in [7, 11) is 0. The SMILES string of the molecule is O=C(O)c1ccc2c(c1)CCCC(c1cc(Cl)cc(C(F)(F)F)c1)=C2c1ccc(C=C2CN(CCCF)C2)cc1. The van der Waals surface area contributed by atoms with Crippen LogP contribution in [0.5, 0.6) is 0 Å². The number of rotatable bonds is 7. The van der Waals surface area contributed by atoms with Gasteiger partial charge in [-0.25, -0.2) is 4.79 Å². The van der Waals surface area contributed by atoms with Gasteiger partial charge in [0.05, 0.1) is 17.8 Å². The van der Waals surface area contributed by atoms with Crippen LogP contribution in [-0.4, -0.2) is 42.3 Å². The Hall–Kier alpha value is -3.42. The first-order valence-electron chi connectivity index (χ1n) is 13.2. The number of carbonyl (C=O) groups is 1. The van der Waals surface area contributed by atoms with Crippen molar-refractivity contribution in [2.75, 3.05) is 26.3 Å². The maximum absolute atomic E-state index is 13.7. The summed E-state index contributed by atoms with van der Waals surface area (Å²) in [6.45, 7) is 2.05. The van der Waals surface area contributed by atoms with Crippen LogP contribution in [-0.2, 0) is 12.6 Å². The van der Waals surface area contributed by atoms with E-state index in [4.69, 9.17) is 11.6 Å². The molecule has 208 valence electrons. The van der Waals surface area contributed by atoms with E-state index in [0.717, 1.165) is 65.2 Å². The molecule has 0 amide bonds. The van der Waals surface area contributed by atoms with E-state index in [9.17, 15) is 27.5 Å². The van der Waals surface area contributed by atoms with Crippen LogP contribution in [0.15, 0.2) is 66.2 Å². The Labute approximate surface area is 235 Å². The molecule has 0 spiro atoms. The number of halogens is 5. The van der Waals surface area contributed by atoms with E-state index < -0.39 is 17.7 Å². The largest absolute Gasteiger partial charge is 0.478 e. The minimum Gasteiger partial charge on any atom is -0.478 e. The number of likely N-dealkylation sites (tertiary alicyclic amines) is 1. The summed E-state index contributed by atoms with van der Waals surface area (Å²) in [5, 5.41) is 9.54. The fourth-order valence-corrected chi connectivity index (χ4v) is 5.74. The van der Waals surface area contributed by atoms with E-state index in [1.54, 1.807) is 18.2 Å². The van der Waals surface area contributed by atoms with Gasteiger partial charge in [0.25, 0.3) is 0 Å². The lowest BCUT2D eigenvalue weighted by molar-refractivity contribution is -0.137. The number of fused-ring (bicyclic) bond motifs is 1. The second-order valence-electron chi connectivity index (χ2n) is 10.3. The van der Waals surface area contributed by atoms with Crippen LogP contribution in [0.25, 0.3) is 17.2 Å². The predicted octanol–water partition coefficient (Wildman–Crippen LogP) is 8.41. The molecule has 0 radical (unpaired) electrons. The first-order chi connectivity index (χ1) is 19.1. The minimum absolute atomic E-state index is 0.00500. The van der Waals surface area contributed by atoms with E-state index in [2.05, 4.69) is 11.0 Å². The van der Waals surface area contributed by atoms with Gasteiger partial charge in [0.15, 0.2) is 0 Å². The number of alkyl halides is 4. The van der Waals surface area contributed by atoms with Gasteiger partial charge in [0.2, 0.25) is 0 Å². The third kappa shape index (κ3) is 6.16. The molecule has 8 heteroatoms. The molecule has 3 nitrogen and oxygen atoms in total. The third-order valence-electron chi connectivity index (χ3n) is 7.40. The van der Waals surface area contributed by atoms with Crippen LogP contribution >= 0.6 is 11.6 Å². The van der Waals surface area contributed by atoms with E-state index in [0.29, 0.717) is 31.2 Å². The molecular weight excluding hydrogens is 542 g/mol. The third-order valence-corrected chi connectivity index (χ3v) is 7.62. The van der Waals surface area contributed by atoms with Crippen molar-refractivity contribution in [3.63, 3.8) is 0 Å². The second kappa shape index (κ2) is 11.6. The molecule has 0 bridgehead atoms. The molecule has 3 aromatic rings. The van der Waals surface area contributed by atoms with Gasteiger partial charge < -0.3 is 5.11 Å². The zero-order valence-electron chi connectivity index (χ0n) is 21.7.